The maximum Gasteiger partial charge on any atom is 0.416 e. The van der Waals surface area contributed by atoms with Gasteiger partial charge in [-0.2, -0.15) is 17.5 Å². The molecule has 190 valence electrons. The van der Waals surface area contributed by atoms with E-state index in [1.54, 1.807) is 0 Å². The van der Waals surface area contributed by atoms with Gasteiger partial charge in [0.25, 0.3) is 0 Å². The topological polar surface area (TPSA) is 113 Å². The number of hydrogen-bond donors (Lipinski definition) is 0. The molecule has 0 radical (unpaired) electrons. The summed E-state index contributed by atoms with van der Waals surface area (Å²) in [6.45, 7) is 7.23. The Morgan fingerprint density at radius 2 is 1.54 bits per heavy atom. The van der Waals surface area contributed by atoms with Gasteiger partial charge in [0.05, 0.1) is 17.1 Å². The molecule has 1 aliphatic heterocycles. The number of aromatic nitrogens is 3. The molecule has 2 aromatic rings. The van der Waals surface area contributed by atoms with Crippen LogP contribution < -0.4 is 14.2 Å². The fraction of sp³-hybridized carbons (Fsp3) is 0.381. The average Bonchev–Trinajstić information content (AvgIpc) is 2.84. The molecule has 1 fully saturated rings. The molecule has 1 aromatic heterocycles. The zero-order valence-electron chi connectivity index (χ0n) is 18.5. The highest BCUT2D eigenvalue weighted by Gasteiger charge is 2.34. The van der Waals surface area contributed by atoms with Gasteiger partial charge in [-0.15, -0.1) is 15.0 Å². The highest BCUT2D eigenvalue weighted by atomic mass is 32.2. The van der Waals surface area contributed by atoms with Gasteiger partial charge in [0, 0.05) is 13.1 Å². The molecule has 1 aliphatic rings. The van der Waals surface area contributed by atoms with E-state index in [2.05, 4.69) is 28.1 Å². The predicted molar refractivity (Wildman–Crippen MR) is 117 cm³/mol. The first-order valence-corrected chi connectivity index (χ1v) is 11.7. The molecule has 1 unspecified atom stereocenters. The zero-order valence-corrected chi connectivity index (χ0v) is 19.3. The highest BCUT2D eigenvalue weighted by molar-refractivity contribution is 7.89. The minimum Gasteiger partial charge on any atom is -0.460 e. The lowest BCUT2D eigenvalue weighted by Gasteiger charge is -2.31. The molecule has 0 spiro atoms. The molecule has 0 aliphatic carbocycles. The zero-order chi connectivity index (χ0) is 25.5. The van der Waals surface area contributed by atoms with Crippen molar-refractivity contribution in [3.63, 3.8) is 0 Å². The molecule has 0 N–H and O–H groups in total. The predicted octanol–water partition coefficient (Wildman–Crippen LogP) is 2.49. The molecule has 2 heterocycles. The van der Waals surface area contributed by atoms with E-state index in [4.69, 9.17) is 18.9 Å². The quantitative estimate of drug-likeness (QED) is 0.416. The monoisotopic (exact) mass is 516 g/mol. The van der Waals surface area contributed by atoms with Crippen molar-refractivity contribution in [2.45, 2.75) is 17.2 Å². The van der Waals surface area contributed by atoms with Crippen molar-refractivity contribution in [2.24, 2.45) is 0 Å². The molecule has 0 bridgehead atoms. The number of halogens is 3. The summed E-state index contributed by atoms with van der Waals surface area (Å²) in [6, 6.07) is 3.05. The van der Waals surface area contributed by atoms with E-state index in [1.807, 2.05) is 0 Å². The van der Waals surface area contributed by atoms with Crippen molar-refractivity contribution in [2.75, 3.05) is 39.5 Å². The van der Waals surface area contributed by atoms with E-state index in [0.717, 1.165) is 28.6 Å². The van der Waals surface area contributed by atoms with E-state index in [0.29, 0.717) is 0 Å². The molecule has 10 nitrogen and oxygen atoms in total. The van der Waals surface area contributed by atoms with Gasteiger partial charge in [-0.05, 0) is 24.3 Å². The van der Waals surface area contributed by atoms with Crippen LogP contribution >= 0.6 is 0 Å². The molecule has 1 atom stereocenters. The van der Waals surface area contributed by atoms with Crippen LogP contribution in [0.25, 0.3) is 0 Å². The SMILES string of the molecule is C=CCOc1nc(OCC=C)nc(OCC2CN(S(=O)(=O)c3ccc(C(F)(F)F)cc3)CCO2)n1. The Hall–Kier alpha value is -3.23. The van der Waals surface area contributed by atoms with Crippen LogP contribution in [-0.4, -0.2) is 73.3 Å². The number of alkyl halides is 3. The lowest BCUT2D eigenvalue weighted by atomic mass is 10.2. The standard InChI is InChI=1S/C21H23F3N4O6S/c1-3-10-32-18-25-19(33-11-4-2)27-20(26-18)34-14-16-13-28(9-12-31-16)35(29,30)17-7-5-15(6-8-17)21(22,23)24/h3-8,16H,1-2,9-14H2. The normalized spacial score (nSPS) is 16.9. The third-order valence-corrected chi connectivity index (χ3v) is 6.43. The van der Waals surface area contributed by atoms with Gasteiger partial charge in [-0.25, -0.2) is 8.42 Å². The Morgan fingerprint density at radius 3 is 2.06 bits per heavy atom. The second kappa shape index (κ2) is 11.5. The van der Waals surface area contributed by atoms with Gasteiger partial charge in [-0.1, -0.05) is 25.3 Å². The first kappa shape index (κ1) is 26.4. The van der Waals surface area contributed by atoms with Gasteiger partial charge in [0.1, 0.15) is 25.9 Å². The summed E-state index contributed by atoms with van der Waals surface area (Å²) in [4.78, 5) is 11.7. The third kappa shape index (κ3) is 7.13. The Balaban J connectivity index is 1.67. The summed E-state index contributed by atoms with van der Waals surface area (Å²) in [6.07, 6.45) is -2.27. The van der Waals surface area contributed by atoms with Crippen LogP contribution in [0.15, 0.2) is 54.5 Å². The Labute approximate surface area is 200 Å². The van der Waals surface area contributed by atoms with Crippen LogP contribution in [0.1, 0.15) is 5.56 Å². The second-order valence-electron chi connectivity index (χ2n) is 7.07. The van der Waals surface area contributed by atoms with Crippen LogP contribution in [0, 0.1) is 0 Å². The van der Waals surface area contributed by atoms with Crippen molar-refractivity contribution in [3.05, 3.63) is 55.1 Å². The minimum absolute atomic E-state index is 0.0324. The number of sulfonamides is 1. The second-order valence-corrected chi connectivity index (χ2v) is 9.01. The van der Waals surface area contributed by atoms with E-state index < -0.39 is 27.9 Å². The molecule has 0 amide bonds. The Morgan fingerprint density at radius 1 is 1.00 bits per heavy atom. The fourth-order valence-electron chi connectivity index (χ4n) is 2.92. The molecule has 0 saturated carbocycles. The van der Waals surface area contributed by atoms with Gasteiger partial charge in [0.15, 0.2) is 0 Å². The van der Waals surface area contributed by atoms with Crippen LogP contribution in [0.4, 0.5) is 13.2 Å². The Bertz CT molecular complexity index is 1100. The maximum absolute atomic E-state index is 12.9. The van der Waals surface area contributed by atoms with Crippen LogP contribution in [0.5, 0.6) is 18.0 Å². The van der Waals surface area contributed by atoms with Crippen molar-refractivity contribution < 1.29 is 40.5 Å². The van der Waals surface area contributed by atoms with E-state index >= 15 is 0 Å². The number of rotatable bonds is 11. The van der Waals surface area contributed by atoms with Crippen molar-refractivity contribution in [1.82, 2.24) is 19.3 Å². The smallest absolute Gasteiger partial charge is 0.416 e. The number of benzene rings is 1. The lowest BCUT2D eigenvalue weighted by Crippen LogP contribution is -2.47. The molecular formula is C21H23F3N4O6S. The summed E-state index contributed by atoms with van der Waals surface area (Å²) in [5, 5.41) is 0. The van der Waals surface area contributed by atoms with Crippen LogP contribution in [0.3, 0.4) is 0 Å². The summed E-state index contributed by atoms with van der Waals surface area (Å²) >= 11 is 0. The van der Waals surface area contributed by atoms with E-state index in [9.17, 15) is 21.6 Å². The summed E-state index contributed by atoms with van der Waals surface area (Å²) < 4.78 is 87.1. The average molecular weight is 516 g/mol. The molecule has 1 aromatic carbocycles. The summed E-state index contributed by atoms with van der Waals surface area (Å²) in [5.41, 5.74) is -0.935. The first-order valence-electron chi connectivity index (χ1n) is 10.3. The molecule has 35 heavy (non-hydrogen) atoms. The van der Waals surface area contributed by atoms with E-state index in [1.165, 1.54) is 12.2 Å². The molecule has 1 saturated heterocycles. The van der Waals surface area contributed by atoms with Crippen LogP contribution in [0.2, 0.25) is 0 Å². The third-order valence-electron chi connectivity index (χ3n) is 4.55. The summed E-state index contributed by atoms with van der Waals surface area (Å²) in [7, 11) is -4.04. The number of hydrogen-bond acceptors (Lipinski definition) is 9. The van der Waals surface area contributed by atoms with Crippen molar-refractivity contribution >= 4 is 10.0 Å². The van der Waals surface area contributed by atoms with Gasteiger partial charge < -0.3 is 18.9 Å². The lowest BCUT2D eigenvalue weighted by molar-refractivity contribution is -0.137. The number of morpholine rings is 1. The molecular weight excluding hydrogens is 493 g/mol. The van der Waals surface area contributed by atoms with Gasteiger partial charge >= 0.3 is 24.2 Å². The van der Waals surface area contributed by atoms with Gasteiger partial charge in [-0.3, -0.25) is 0 Å². The highest BCUT2D eigenvalue weighted by Crippen LogP contribution is 2.30. The van der Waals surface area contributed by atoms with Crippen LogP contribution in [-0.2, 0) is 20.9 Å². The first-order chi connectivity index (χ1) is 16.6. The molecule has 14 heteroatoms. The fourth-order valence-corrected chi connectivity index (χ4v) is 4.38. The summed E-state index contributed by atoms with van der Waals surface area (Å²) in [5.74, 6) is 0. The van der Waals surface area contributed by atoms with Crippen molar-refractivity contribution in [1.29, 1.82) is 0 Å². The number of ether oxygens (including phenoxy) is 4. The van der Waals surface area contributed by atoms with Crippen molar-refractivity contribution in [3.8, 4) is 18.0 Å². The molecule has 3 rings (SSSR count). The maximum atomic E-state index is 12.9. The minimum atomic E-state index is -4.56. The Kier molecular flexibility index (Phi) is 8.64. The van der Waals surface area contributed by atoms with E-state index in [-0.39, 0.29) is 62.4 Å². The van der Waals surface area contributed by atoms with Gasteiger partial charge in [0.2, 0.25) is 10.0 Å². The number of nitrogens with zero attached hydrogens (tertiary/aromatic N) is 4. The largest absolute Gasteiger partial charge is 0.460 e.